The number of benzene rings is 1. The van der Waals surface area contributed by atoms with E-state index in [2.05, 4.69) is 17.6 Å². The summed E-state index contributed by atoms with van der Waals surface area (Å²) >= 11 is 6.00. The van der Waals surface area contributed by atoms with Gasteiger partial charge in [0, 0.05) is 30.1 Å². The molecule has 0 unspecified atom stereocenters. The van der Waals surface area contributed by atoms with Crippen LogP contribution in [-0.4, -0.2) is 47.6 Å². The fraction of sp³-hybridized carbons (Fsp3) is 0.652. The number of likely N-dealkylation sites (tertiary alicyclic amines) is 1. The molecule has 0 radical (unpaired) electrons. The van der Waals surface area contributed by atoms with Gasteiger partial charge in [0.15, 0.2) is 0 Å². The van der Waals surface area contributed by atoms with Gasteiger partial charge in [-0.25, -0.2) is 4.79 Å². The third-order valence-electron chi connectivity index (χ3n) is 6.12. The molecule has 0 aliphatic carbocycles. The minimum atomic E-state index is -1.06. The van der Waals surface area contributed by atoms with Crippen LogP contribution in [0.3, 0.4) is 0 Å². The molecule has 6 nitrogen and oxygen atoms in total. The second-order valence-electron chi connectivity index (χ2n) is 9.24. The van der Waals surface area contributed by atoms with E-state index in [-0.39, 0.29) is 17.9 Å². The third-order valence-corrected chi connectivity index (χ3v) is 6.37. The van der Waals surface area contributed by atoms with Crippen molar-refractivity contribution in [3.63, 3.8) is 0 Å². The number of nitrogens with zero attached hydrogens (tertiary/aromatic N) is 1. The van der Waals surface area contributed by atoms with Gasteiger partial charge >= 0.3 is 6.03 Å². The van der Waals surface area contributed by atoms with Gasteiger partial charge in [-0.1, -0.05) is 64.8 Å². The van der Waals surface area contributed by atoms with E-state index in [9.17, 15) is 14.7 Å². The van der Waals surface area contributed by atoms with Crippen molar-refractivity contribution in [3.8, 4) is 0 Å². The van der Waals surface area contributed by atoms with E-state index in [0.717, 1.165) is 18.4 Å². The number of unbranched alkanes of at least 4 members (excludes halogenated alkanes) is 1. The molecule has 1 saturated heterocycles. The fourth-order valence-electron chi connectivity index (χ4n) is 4.05. The summed E-state index contributed by atoms with van der Waals surface area (Å²) in [7, 11) is 0. The van der Waals surface area contributed by atoms with Crippen LogP contribution in [0.4, 0.5) is 4.79 Å². The summed E-state index contributed by atoms with van der Waals surface area (Å²) < 4.78 is 0. The van der Waals surface area contributed by atoms with E-state index in [1.165, 1.54) is 0 Å². The number of piperidine rings is 1. The molecule has 0 bridgehead atoms. The van der Waals surface area contributed by atoms with Gasteiger partial charge in [-0.15, -0.1) is 0 Å². The quantitative estimate of drug-likeness (QED) is 0.565. The average Bonchev–Trinajstić information content (AvgIpc) is 2.68. The van der Waals surface area contributed by atoms with Crippen molar-refractivity contribution in [3.05, 3.63) is 34.9 Å². The smallest absolute Gasteiger partial charge is 0.315 e. The SMILES string of the molecule is CCCCNC(=O)N[C@@H](C(=O)N1CC[C@](O)(c2ccc(Cl)cc2)C(C)(C)C1)C(C)C. The van der Waals surface area contributed by atoms with Gasteiger partial charge in [0.25, 0.3) is 0 Å². The van der Waals surface area contributed by atoms with Crippen molar-refractivity contribution >= 4 is 23.5 Å². The van der Waals surface area contributed by atoms with E-state index < -0.39 is 17.1 Å². The first-order valence-corrected chi connectivity index (χ1v) is 11.2. The minimum Gasteiger partial charge on any atom is -0.384 e. The normalized spacial score (nSPS) is 21.9. The van der Waals surface area contributed by atoms with Crippen molar-refractivity contribution in [2.24, 2.45) is 11.3 Å². The minimum absolute atomic E-state index is 0.0467. The molecule has 168 valence electrons. The highest BCUT2D eigenvalue weighted by molar-refractivity contribution is 6.30. The lowest BCUT2D eigenvalue weighted by molar-refractivity contribution is -0.155. The number of rotatable bonds is 7. The molecule has 3 N–H and O–H groups in total. The lowest BCUT2D eigenvalue weighted by atomic mass is 9.66. The highest BCUT2D eigenvalue weighted by Gasteiger charge is 2.50. The molecular formula is C23H36ClN3O3. The number of amides is 3. The van der Waals surface area contributed by atoms with Gasteiger partial charge in [-0.2, -0.15) is 0 Å². The first-order valence-electron chi connectivity index (χ1n) is 10.8. The molecule has 1 aliphatic rings. The van der Waals surface area contributed by atoms with Crippen LogP contribution in [0.15, 0.2) is 24.3 Å². The fourth-order valence-corrected chi connectivity index (χ4v) is 4.18. The monoisotopic (exact) mass is 437 g/mol. The molecule has 1 aromatic carbocycles. The van der Waals surface area contributed by atoms with Crippen molar-refractivity contribution in [2.45, 2.75) is 65.5 Å². The van der Waals surface area contributed by atoms with Crippen LogP contribution in [0.25, 0.3) is 0 Å². The molecule has 0 saturated carbocycles. The van der Waals surface area contributed by atoms with Crippen molar-refractivity contribution < 1.29 is 14.7 Å². The Morgan fingerprint density at radius 3 is 2.40 bits per heavy atom. The second kappa shape index (κ2) is 10.0. The lowest BCUT2D eigenvalue weighted by Gasteiger charge is -2.51. The van der Waals surface area contributed by atoms with Crippen LogP contribution in [-0.2, 0) is 10.4 Å². The summed E-state index contributed by atoms with van der Waals surface area (Å²) in [4.78, 5) is 27.3. The number of carbonyl (C=O) groups is 2. The molecule has 1 aromatic rings. The standard InChI is InChI=1S/C23H36ClN3O3/c1-6-7-13-25-21(29)26-19(16(2)3)20(28)27-14-12-23(30,22(4,5)15-27)17-8-10-18(24)11-9-17/h8-11,16,19,30H,6-7,12-15H2,1-5H3,(H2,25,26,29)/t19-,23+/m1/s1. The maximum atomic E-state index is 13.3. The topological polar surface area (TPSA) is 81.7 Å². The maximum Gasteiger partial charge on any atom is 0.315 e. The van der Waals surface area contributed by atoms with Crippen LogP contribution in [0.1, 0.15) is 59.4 Å². The van der Waals surface area contributed by atoms with Gasteiger partial charge in [-0.3, -0.25) is 4.79 Å². The Morgan fingerprint density at radius 2 is 1.87 bits per heavy atom. The molecule has 0 spiro atoms. The van der Waals surface area contributed by atoms with Gasteiger partial charge in [0.2, 0.25) is 5.91 Å². The summed E-state index contributed by atoms with van der Waals surface area (Å²) in [5.41, 5.74) is -0.829. The zero-order chi connectivity index (χ0) is 22.5. The van der Waals surface area contributed by atoms with Gasteiger partial charge in [0.05, 0.1) is 5.60 Å². The summed E-state index contributed by atoms with van der Waals surface area (Å²) in [5, 5.41) is 17.8. The molecule has 1 heterocycles. The van der Waals surface area contributed by atoms with E-state index in [4.69, 9.17) is 11.6 Å². The van der Waals surface area contributed by atoms with E-state index in [0.29, 0.717) is 31.1 Å². The van der Waals surface area contributed by atoms with Crippen LogP contribution < -0.4 is 10.6 Å². The Kier molecular flexibility index (Phi) is 8.17. The largest absolute Gasteiger partial charge is 0.384 e. The zero-order valence-electron chi connectivity index (χ0n) is 18.8. The Morgan fingerprint density at radius 1 is 1.23 bits per heavy atom. The Labute approximate surface area is 185 Å². The highest BCUT2D eigenvalue weighted by Crippen LogP contribution is 2.46. The molecule has 30 heavy (non-hydrogen) atoms. The highest BCUT2D eigenvalue weighted by atomic mass is 35.5. The first kappa shape index (κ1) is 24.5. The van der Waals surface area contributed by atoms with Gasteiger partial charge in [-0.05, 0) is 36.5 Å². The van der Waals surface area contributed by atoms with Crippen LogP contribution in [0.5, 0.6) is 0 Å². The van der Waals surface area contributed by atoms with E-state index in [1.807, 2.05) is 39.8 Å². The van der Waals surface area contributed by atoms with Crippen LogP contribution in [0.2, 0.25) is 5.02 Å². The second-order valence-corrected chi connectivity index (χ2v) is 9.67. The molecule has 0 aromatic heterocycles. The number of aliphatic hydroxyl groups is 1. The Balaban J connectivity index is 2.11. The molecular weight excluding hydrogens is 402 g/mol. The van der Waals surface area contributed by atoms with E-state index >= 15 is 0 Å². The van der Waals surface area contributed by atoms with Gasteiger partial charge < -0.3 is 20.6 Å². The van der Waals surface area contributed by atoms with Crippen molar-refractivity contribution in [1.82, 2.24) is 15.5 Å². The predicted octanol–water partition coefficient (Wildman–Crippen LogP) is 3.91. The zero-order valence-corrected chi connectivity index (χ0v) is 19.6. The summed E-state index contributed by atoms with van der Waals surface area (Å²) in [5.74, 6) is -0.156. The van der Waals surface area contributed by atoms with Crippen molar-refractivity contribution in [2.75, 3.05) is 19.6 Å². The molecule has 2 rings (SSSR count). The number of nitrogens with one attached hydrogen (secondary N) is 2. The number of hydrogen-bond donors (Lipinski definition) is 3. The van der Waals surface area contributed by atoms with Crippen molar-refractivity contribution in [1.29, 1.82) is 0 Å². The molecule has 1 fully saturated rings. The predicted molar refractivity (Wildman–Crippen MR) is 120 cm³/mol. The number of hydrogen-bond acceptors (Lipinski definition) is 3. The van der Waals surface area contributed by atoms with Crippen LogP contribution in [0, 0.1) is 11.3 Å². The summed E-state index contributed by atoms with van der Waals surface area (Å²) in [6, 6.07) is 6.33. The first-order chi connectivity index (χ1) is 14.0. The lowest BCUT2D eigenvalue weighted by Crippen LogP contribution is -2.61. The summed E-state index contributed by atoms with van der Waals surface area (Å²) in [6.45, 7) is 11.3. The third kappa shape index (κ3) is 5.46. The summed E-state index contributed by atoms with van der Waals surface area (Å²) in [6.07, 6.45) is 2.31. The van der Waals surface area contributed by atoms with Gasteiger partial charge in [0.1, 0.15) is 6.04 Å². The molecule has 2 atom stereocenters. The average molecular weight is 438 g/mol. The molecule has 3 amide bonds. The molecule has 7 heteroatoms. The Bertz CT molecular complexity index is 736. The van der Waals surface area contributed by atoms with E-state index in [1.54, 1.807) is 17.0 Å². The van der Waals surface area contributed by atoms with Crippen LogP contribution >= 0.6 is 11.6 Å². The number of halogens is 1. The Hall–Kier alpha value is -1.79. The molecule has 1 aliphatic heterocycles. The maximum absolute atomic E-state index is 13.3. The number of urea groups is 1. The number of carbonyl (C=O) groups excluding carboxylic acids is 2.